The zero-order valence-electron chi connectivity index (χ0n) is 12.9. The van der Waals surface area contributed by atoms with Gasteiger partial charge in [0.25, 0.3) is 0 Å². The zero-order chi connectivity index (χ0) is 15.7. The van der Waals surface area contributed by atoms with Gasteiger partial charge >= 0.3 is 0 Å². The molecule has 0 amide bonds. The second-order valence-electron chi connectivity index (χ2n) is 6.21. The Bertz CT molecular complexity index is 566. The van der Waals surface area contributed by atoms with Gasteiger partial charge in [0, 0.05) is 9.79 Å². The van der Waals surface area contributed by atoms with E-state index in [0.717, 1.165) is 20.9 Å². The first-order chi connectivity index (χ1) is 9.69. The Balaban J connectivity index is 2.45. The third kappa shape index (κ3) is 3.88. The molecule has 3 heteroatoms. The van der Waals surface area contributed by atoms with Crippen molar-refractivity contribution in [1.29, 1.82) is 0 Å². The highest BCUT2D eigenvalue weighted by Gasteiger charge is 2.23. The summed E-state index contributed by atoms with van der Waals surface area (Å²) >= 11 is 1.57. The van der Waals surface area contributed by atoms with Crippen molar-refractivity contribution in [2.45, 2.75) is 48.7 Å². The monoisotopic (exact) mass is 302 g/mol. The maximum atomic E-state index is 10.3. The molecule has 0 aliphatic carbocycles. The van der Waals surface area contributed by atoms with Crippen LogP contribution >= 0.6 is 11.8 Å². The summed E-state index contributed by atoms with van der Waals surface area (Å²) in [6, 6.07) is 15.7. The van der Waals surface area contributed by atoms with Gasteiger partial charge in [0.15, 0.2) is 0 Å². The minimum absolute atomic E-state index is 0.889. The molecule has 0 aliphatic heterocycles. The van der Waals surface area contributed by atoms with Crippen molar-refractivity contribution in [3.63, 3.8) is 0 Å². The first-order valence-corrected chi connectivity index (χ1v) is 7.83. The van der Waals surface area contributed by atoms with Crippen LogP contribution in [0.2, 0.25) is 0 Å². The lowest BCUT2D eigenvalue weighted by atomic mass is 9.98. The fourth-order valence-corrected chi connectivity index (χ4v) is 3.63. The van der Waals surface area contributed by atoms with Crippen LogP contribution in [-0.2, 0) is 11.2 Å². The summed E-state index contributed by atoms with van der Waals surface area (Å²) in [4.78, 5) is 2.00. The SMILES string of the molecule is CC(C)(O)c1ccccc1Sc1ccccc1C(C)(C)O. The van der Waals surface area contributed by atoms with E-state index < -0.39 is 11.2 Å². The standard InChI is InChI=1S/C18H22O2S/c1-17(2,19)13-9-5-7-11-15(13)21-16-12-8-6-10-14(16)18(3,4)20/h5-12,19-20H,1-4H3. The smallest absolute Gasteiger partial charge is 0.0851 e. The minimum atomic E-state index is -0.896. The number of aliphatic hydroxyl groups is 2. The lowest BCUT2D eigenvalue weighted by molar-refractivity contribution is 0.0757. The van der Waals surface area contributed by atoms with E-state index in [4.69, 9.17) is 0 Å². The first kappa shape index (κ1) is 16.1. The van der Waals surface area contributed by atoms with Gasteiger partial charge < -0.3 is 10.2 Å². The molecule has 2 N–H and O–H groups in total. The van der Waals surface area contributed by atoms with Crippen LogP contribution in [0.4, 0.5) is 0 Å². The molecule has 0 unspecified atom stereocenters. The molecular formula is C18H22O2S. The molecule has 0 bridgehead atoms. The molecule has 21 heavy (non-hydrogen) atoms. The minimum Gasteiger partial charge on any atom is -0.386 e. The summed E-state index contributed by atoms with van der Waals surface area (Å²) in [5, 5.41) is 20.6. The maximum absolute atomic E-state index is 10.3. The fraction of sp³-hybridized carbons (Fsp3) is 0.333. The van der Waals surface area contributed by atoms with E-state index in [1.54, 1.807) is 39.5 Å². The lowest BCUT2D eigenvalue weighted by Crippen LogP contribution is -2.17. The summed E-state index contributed by atoms with van der Waals surface area (Å²) in [6.07, 6.45) is 0. The highest BCUT2D eigenvalue weighted by molar-refractivity contribution is 7.99. The van der Waals surface area contributed by atoms with Gasteiger partial charge in [0.05, 0.1) is 11.2 Å². The van der Waals surface area contributed by atoms with Crippen LogP contribution in [0.25, 0.3) is 0 Å². The summed E-state index contributed by atoms with van der Waals surface area (Å²) in [5.41, 5.74) is -0.0123. The van der Waals surface area contributed by atoms with Gasteiger partial charge in [-0.1, -0.05) is 48.2 Å². The number of rotatable bonds is 4. The Morgan fingerprint density at radius 1 is 0.667 bits per heavy atom. The Hall–Kier alpha value is -1.29. The molecule has 2 aromatic rings. The summed E-state index contributed by atoms with van der Waals surface area (Å²) in [6.45, 7) is 7.14. The second kappa shape index (κ2) is 5.84. The van der Waals surface area contributed by atoms with Gasteiger partial charge in [-0.15, -0.1) is 0 Å². The molecule has 0 fully saturated rings. The van der Waals surface area contributed by atoms with E-state index in [1.807, 2.05) is 48.5 Å². The lowest BCUT2D eigenvalue weighted by Gasteiger charge is -2.24. The normalized spacial score (nSPS) is 12.5. The predicted octanol–water partition coefficient (Wildman–Crippen LogP) is 4.29. The third-order valence-corrected chi connectivity index (χ3v) is 4.46. The van der Waals surface area contributed by atoms with E-state index in [9.17, 15) is 10.2 Å². The molecular weight excluding hydrogens is 280 g/mol. The molecule has 2 aromatic carbocycles. The molecule has 0 saturated carbocycles. The van der Waals surface area contributed by atoms with Gasteiger partial charge in [-0.2, -0.15) is 0 Å². The topological polar surface area (TPSA) is 40.5 Å². The van der Waals surface area contributed by atoms with Crippen molar-refractivity contribution in [2.24, 2.45) is 0 Å². The second-order valence-corrected chi connectivity index (χ2v) is 7.30. The van der Waals surface area contributed by atoms with Crippen LogP contribution in [0.15, 0.2) is 58.3 Å². The van der Waals surface area contributed by atoms with Crippen molar-refractivity contribution in [1.82, 2.24) is 0 Å². The van der Waals surface area contributed by atoms with Crippen molar-refractivity contribution in [2.75, 3.05) is 0 Å². The highest BCUT2D eigenvalue weighted by Crippen LogP contribution is 2.39. The quantitative estimate of drug-likeness (QED) is 0.885. The number of hydrogen-bond donors (Lipinski definition) is 2. The molecule has 0 aliphatic rings. The number of benzene rings is 2. The van der Waals surface area contributed by atoms with Crippen LogP contribution < -0.4 is 0 Å². The Morgan fingerprint density at radius 2 is 1.00 bits per heavy atom. The molecule has 2 rings (SSSR count). The molecule has 0 aromatic heterocycles. The van der Waals surface area contributed by atoms with Gasteiger partial charge in [-0.05, 0) is 51.0 Å². The molecule has 0 saturated heterocycles. The average Bonchev–Trinajstić information content (AvgIpc) is 2.37. The Kier molecular flexibility index (Phi) is 4.47. The van der Waals surface area contributed by atoms with Crippen LogP contribution in [0, 0.1) is 0 Å². The average molecular weight is 302 g/mol. The van der Waals surface area contributed by atoms with Gasteiger partial charge in [-0.3, -0.25) is 0 Å². The molecule has 0 atom stereocenters. The van der Waals surface area contributed by atoms with Gasteiger partial charge in [-0.25, -0.2) is 0 Å². The van der Waals surface area contributed by atoms with Gasteiger partial charge in [0.2, 0.25) is 0 Å². The summed E-state index contributed by atoms with van der Waals surface area (Å²) in [5.74, 6) is 0. The molecule has 0 radical (unpaired) electrons. The van der Waals surface area contributed by atoms with E-state index in [2.05, 4.69) is 0 Å². The molecule has 2 nitrogen and oxygen atoms in total. The van der Waals surface area contributed by atoms with E-state index >= 15 is 0 Å². The van der Waals surface area contributed by atoms with Crippen molar-refractivity contribution in [3.05, 3.63) is 59.7 Å². The Labute approximate surface area is 130 Å². The van der Waals surface area contributed by atoms with Crippen molar-refractivity contribution >= 4 is 11.8 Å². The van der Waals surface area contributed by atoms with Crippen molar-refractivity contribution < 1.29 is 10.2 Å². The first-order valence-electron chi connectivity index (χ1n) is 7.01. The van der Waals surface area contributed by atoms with Crippen LogP contribution in [0.1, 0.15) is 38.8 Å². The molecule has 0 spiro atoms. The Morgan fingerprint density at radius 3 is 1.33 bits per heavy atom. The van der Waals surface area contributed by atoms with E-state index in [1.165, 1.54) is 0 Å². The highest BCUT2D eigenvalue weighted by atomic mass is 32.2. The van der Waals surface area contributed by atoms with Crippen LogP contribution in [0.5, 0.6) is 0 Å². The summed E-state index contributed by atoms with van der Waals surface area (Å²) in [7, 11) is 0. The van der Waals surface area contributed by atoms with E-state index in [0.29, 0.717) is 0 Å². The molecule has 112 valence electrons. The predicted molar refractivity (Wildman–Crippen MR) is 87.5 cm³/mol. The largest absolute Gasteiger partial charge is 0.386 e. The summed E-state index contributed by atoms with van der Waals surface area (Å²) < 4.78 is 0. The van der Waals surface area contributed by atoms with E-state index in [-0.39, 0.29) is 0 Å². The zero-order valence-corrected chi connectivity index (χ0v) is 13.7. The van der Waals surface area contributed by atoms with Crippen LogP contribution in [0.3, 0.4) is 0 Å². The fourth-order valence-electron chi connectivity index (χ4n) is 2.24. The third-order valence-electron chi connectivity index (χ3n) is 3.31. The van der Waals surface area contributed by atoms with Crippen molar-refractivity contribution in [3.8, 4) is 0 Å². The van der Waals surface area contributed by atoms with Gasteiger partial charge in [0.1, 0.15) is 0 Å². The maximum Gasteiger partial charge on any atom is 0.0851 e. The molecule has 0 heterocycles. The number of hydrogen-bond acceptors (Lipinski definition) is 3. The van der Waals surface area contributed by atoms with Crippen LogP contribution in [-0.4, -0.2) is 10.2 Å².